The van der Waals surface area contributed by atoms with Crippen LogP contribution in [-0.2, 0) is 10.3 Å². The van der Waals surface area contributed by atoms with Crippen molar-refractivity contribution in [3.8, 4) is 0 Å². The van der Waals surface area contributed by atoms with Gasteiger partial charge in [-0.2, -0.15) is 0 Å². The van der Waals surface area contributed by atoms with Crippen LogP contribution in [0, 0.1) is 6.92 Å². The smallest absolute Gasteiger partial charge is 0.207 e. The van der Waals surface area contributed by atoms with Crippen molar-refractivity contribution in [2.75, 3.05) is 0 Å². The molecule has 0 bridgehead atoms. The lowest BCUT2D eigenvalue weighted by Gasteiger charge is -2.22. The monoisotopic (exact) mass is 257 g/mol. The van der Waals surface area contributed by atoms with Gasteiger partial charge in [0.1, 0.15) is 5.82 Å². The highest BCUT2D eigenvalue weighted by molar-refractivity contribution is 5.62. The van der Waals surface area contributed by atoms with E-state index in [0.29, 0.717) is 5.92 Å². The molecule has 19 heavy (non-hydrogen) atoms. The molecule has 2 aromatic heterocycles. The third-order valence-electron chi connectivity index (χ3n) is 3.84. The van der Waals surface area contributed by atoms with Crippen molar-refractivity contribution in [2.24, 2.45) is 0 Å². The van der Waals surface area contributed by atoms with Crippen LogP contribution in [0.15, 0.2) is 18.3 Å². The Labute approximate surface area is 112 Å². The number of aromatic nitrogens is 2. The summed E-state index contributed by atoms with van der Waals surface area (Å²) in [6, 6.07) is 4.15. The number of hydrogen-bond acceptors (Lipinski definition) is 2. The van der Waals surface area contributed by atoms with Gasteiger partial charge in [0.15, 0.2) is 0 Å². The molecule has 0 unspecified atom stereocenters. The van der Waals surface area contributed by atoms with Crippen LogP contribution in [0.4, 0.5) is 0 Å². The van der Waals surface area contributed by atoms with Crippen LogP contribution in [0.25, 0.3) is 5.52 Å². The van der Waals surface area contributed by atoms with Gasteiger partial charge in [0, 0.05) is 12.1 Å². The summed E-state index contributed by atoms with van der Waals surface area (Å²) in [6.45, 7) is 6.08. The molecule has 4 heteroatoms. The second kappa shape index (κ2) is 4.08. The molecule has 2 heterocycles. The number of fused-ring (bicyclic) bond motifs is 1. The molecule has 4 nitrogen and oxygen atoms in total. The molecule has 100 valence electrons. The van der Waals surface area contributed by atoms with Crippen LogP contribution in [-0.4, -0.2) is 15.8 Å². The number of nitrogens with zero attached hydrogens (tertiary/aromatic N) is 2. The molecule has 0 saturated heterocycles. The topological polar surface area (TPSA) is 46.4 Å². The SMILES string of the molecule is Cc1cccn2c(C(C)(C)NC=O)nc(C3CC3)c12. The zero-order valence-corrected chi connectivity index (χ0v) is 11.6. The zero-order chi connectivity index (χ0) is 13.6. The Morgan fingerprint density at radius 2 is 2.21 bits per heavy atom. The molecule has 1 saturated carbocycles. The predicted molar refractivity (Wildman–Crippen MR) is 74.1 cm³/mol. The molecule has 0 aromatic carbocycles. The number of nitrogens with one attached hydrogen (secondary N) is 1. The van der Waals surface area contributed by atoms with E-state index in [4.69, 9.17) is 4.98 Å². The van der Waals surface area contributed by atoms with Crippen molar-refractivity contribution in [1.82, 2.24) is 14.7 Å². The Morgan fingerprint density at radius 1 is 1.47 bits per heavy atom. The summed E-state index contributed by atoms with van der Waals surface area (Å²) in [7, 11) is 0. The van der Waals surface area contributed by atoms with Crippen molar-refractivity contribution in [1.29, 1.82) is 0 Å². The standard InChI is InChI=1S/C15H19N3O/c1-10-5-4-8-18-13(10)12(11-6-7-11)17-14(18)15(2,3)16-9-19/h4-5,8-9,11H,6-7H2,1-3H3,(H,16,19). The maximum Gasteiger partial charge on any atom is 0.207 e. The van der Waals surface area contributed by atoms with Crippen LogP contribution >= 0.6 is 0 Å². The van der Waals surface area contributed by atoms with Gasteiger partial charge in [-0.1, -0.05) is 6.07 Å². The summed E-state index contributed by atoms with van der Waals surface area (Å²) < 4.78 is 2.12. The number of aryl methyl sites for hydroxylation is 1. The van der Waals surface area contributed by atoms with Crippen LogP contribution in [0.5, 0.6) is 0 Å². The first kappa shape index (κ1) is 12.2. The number of carbonyl (C=O) groups is 1. The number of hydrogen-bond donors (Lipinski definition) is 1. The summed E-state index contributed by atoms with van der Waals surface area (Å²) >= 11 is 0. The Morgan fingerprint density at radius 3 is 2.84 bits per heavy atom. The molecule has 1 aliphatic carbocycles. The fourth-order valence-corrected chi connectivity index (χ4v) is 2.63. The maximum absolute atomic E-state index is 10.8. The van der Waals surface area contributed by atoms with Gasteiger partial charge in [0.2, 0.25) is 6.41 Å². The number of imidazole rings is 1. The van der Waals surface area contributed by atoms with E-state index in [1.54, 1.807) is 0 Å². The van der Waals surface area contributed by atoms with E-state index < -0.39 is 5.54 Å². The third-order valence-corrected chi connectivity index (χ3v) is 3.84. The van der Waals surface area contributed by atoms with E-state index >= 15 is 0 Å². The van der Waals surface area contributed by atoms with Crippen molar-refractivity contribution < 1.29 is 4.79 Å². The van der Waals surface area contributed by atoms with Crippen LogP contribution in [0.2, 0.25) is 0 Å². The van der Waals surface area contributed by atoms with Gasteiger partial charge in [0.05, 0.1) is 16.7 Å². The molecule has 1 N–H and O–H groups in total. The number of carbonyl (C=O) groups excluding carboxylic acids is 1. The Hall–Kier alpha value is -1.84. The van der Waals surface area contributed by atoms with E-state index in [1.807, 2.05) is 26.1 Å². The molecule has 1 aliphatic rings. The molecule has 2 aromatic rings. The first-order valence-electron chi connectivity index (χ1n) is 6.74. The van der Waals surface area contributed by atoms with E-state index in [1.165, 1.54) is 29.6 Å². The van der Waals surface area contributed by atoms with Crippen molar-refractivity contribution >= 4 is 11.9 Å². The summed E-state index contributed by atoms with van der Waals surface area (Å²) in [5.74, 6) is 1.50. The zero-order valence-electron chi connectivity index (χ0n) is 11.6. The van der Waals surface area contributed by atoms with Crippen LogP contribution in [0.3, 0.4) is 0 Å². The Kier molecular flexibility index (Phi) is 2.62. The summed E-state index contributed by atoms with van der Waals surface area (Å²) in [6.07, 6.45) is 5.22. The van der Waals surface area contributed by atoms with Gasteiger partial charge >= 0.3 is 0 Å². The highest BCUT2D eigenvalue weighted by Crippen LogP contribution is 2.43. The summed E-state index contributed by atoms with van der Waals surface area (Å²) in [5.41, 5.74) is 3.17. The highest BCUT2D eigenvalue weighted by Gasteiger charge is 2.33. The van der Waals surface area contributed by atoms with Crippen LogP contribution in [0.1, 0.15) is 49.7 Å². The van der Waals surface area contributed by atoms with Crippen molar-refractivity contribution in [3.05, 3.63) is 35.4 Å². The molecule has 1 amide bonds. The highest BCUT2D eigenvalue weighted by atomic mass is 16.1. The average molecular weight is 257 g/mol. The first-order valence-corrected chi connectivity index (χ1v) is 6.74. The summed E-state index contributed by atoms with van der Waals surface area (Å²) in [5, 5.41) is 2.86. The Balaban J connectivity index is 2.25. The van der Waals surface area contributed by atoms with Gasteiger partial charge in [-0.3, -0.25) is 4.79 Å². The lowest BCUT2D eigenvalue weighted by molar-refractivity contribution is -0.111. The van der Waals surface area contributed by atoms with Gasteiger partial charge in [0.25, 0.3) is 0 Å². The van der Waals surface area contributed by atoms with E-state index in [0.717, 1.165) is 12.2 Å². The second-order valence-corrected chi connectivity index (χ2v) is 5.89. The molecule has 0 atom stereocenters. The minimum Gasteiger partial charge on any atom is -0.347 e. The lowest BCUT2D eigenvalue weighted by Crippen LogP contribution is -2.37. The molecule has 0 radical (unpaired) electrons. The average Bonchev–Trinajstić information content (AvgIpc) is 3.10. The first-order chi connectivity index (χ1) is 9.04. The minimum absolute atomic E-state index is 0.467. The fraction of sp³-hybridized carbons (Fsp3) is 0.467. The van der Waals surface area contributed by atoms with Gasteiger partial charge in [-0.05, 0) is 45.2 Å². The number of pyridine rings is 1. The summed E-state index contributed by atoms with van der Waals surface area (Å²) in [4.78, 5) is 15.6. The third kappa shape index (κ3) is 1.91. The van der Waals surface area contributed by atoms with Gasteiger partial charge < -0.3 is 9.72 Å². The van der Waals surface area contributed by atoms with Crippen LogP contribution < -0.4 is 5.32 Å². The molecular weight excluding hydrogens is 238 g/mol. The fourth-order valence-electron chi connectivity index (χ4n) is 2.63. The molecular formula is C15H19N3O. The Bertz CT molecular complexity index is 638. The molecule has 1 fully saturated rings. The molecule has 3 rings (SSSR count). The van der Waals surface area contributed by atoms with Gasteiger partial charge in [-0.25, -0.2) is 4.98 Å². The van der Waals surface area contributed by atoms with E-state index in [9.17, 15) is 4.79 Å². The normalized spacial score (nSPS) is 15.7. The van der Waals surface area contributed by atoms with E-state index in [2.05, 4.69) is 22.7 Å². The van der Waals surface area contributed by atoms with Gasteiger partial charge in [-0.15, -0.1) is 0 Å². The van der Waals surface area contributed by atoms with Crippen molar-refractivity contribution in [2.45, 2.75) is 45.1 Å². The van der Waals surface area contributed by atoms with E-state index in [-0.39, 0.29) is 0 Å². The second-order valence-electron chi connectivity index (χ2n) is 5.89. The number of rotatable bonds is 4. The van der Waals surface area contributed by atoms with Crippen molar-refractivity contribution in [3.63, 3.8) is 0 Å². The quantitative estimate of drug-likeness (QED) is 0.855. The molecule has 0 spiro atoms. The predicted octanol–water partition coefficient (Wildman–Crippen LogP) is 2.50. The maximum atomic E-state index is 10.8. The number of amides is 1. The lowest BCUT2D eigenvalue weighted by atomic mass is 10.1. The molecule has 0 aliphatic heterocycles. The largest absolute Gasteiger partial charge is 0.347 e. The minimum atomic E-state index is -0.467.